The Morgan fingerprint density at radius 3 is 2.38 bits per heavy atom. The van der Waals surface area contributed by atoms with Gasteiger partial charge >= 0.3 is 0 Å². The quantitative estimate of drug-likeness (QED) is 0.882. The third-order valence-corrected chi connectivity index (χ3v) is 3.26. The maximum absolute atomic E-state index is 13.5. The molecule has 1 aromatic rings. The zero-order valence-corrected chi connectivity index (χ0v) is 9.47. The molecular weight excluding hydrogens is 238 g/mol. The van der Waals surface area contributed by atoms with Crippen LogP contribution in [0.3, 0.4) is 0 Å². The largest absolute Gasteiger partial charge is 0.396 e. The highest BCUT2D eigenvalue weighted by Gasteiger charge is 2.35. The van der Waals surface area contributed by atoms with Crippen molar-refractivity contribution in [3.8, 4) is 0 Å². The predicted molar refractivity (Wildman–Crippen MR) is 55.1 cm³/mol. The van der Waals surface area contributed by atoms with E-state index in [0.717, 1.165) is 18.4 Å². The fraction of sp³-hybridized carbons (Fsp3) is 0.400. The van der Waals surface area contributed by atoms with Crippen LogP contribution in [0.1, 0.15) is 12.0 Å². The lowest BCUT2D eigenvalue weighted by Gasteiger charge is -2.18. The summed E-state index contributed by atoms with van der Waals surface area (Å²) >= 11 is 0. The highest BCUT2D eigenvalue weighted by molar-refractivity contribution is 7.90. The molecule has 0 atom stereocenters. The second kappa shape index (κ2) is 4.47. The molecule has 1 rings (SSSR count). The number of benzene rings is 1. The molecule has 1 N–H and O–H groups in total. The SMILES string of the molecule is CS(=O)(=O)c1ccccc1C(F)(F)CCO. The summed E-state index contributed by atoms with van der Waals surface area (Å²) in [5.74, 6) is -3.34. The van der Waals surface area contributed by atoms with Crippen molar-refractivity contribution in [1.82, 2.24) is 0 Å². The maximum Gasteiger partial charge on any atom is 0.276 e. The molecule has 16 heavy (non-hydrogen) atoms. The van der Waals surface area contributed by atoms with Crippen molar-refractivity contribution in [3.63, 3.8) is 0 Å². The summed E-state index contributed by atoms with van der Waals surface area (Å²) in [4.78, 5) is -0.395. The number of rotatable bonds is 4. The van der Waals surface area contributed by atoms with Gasteiger partial charge in [-0.1, -0.05) is 18.2 Å². The highest BCUT2D eigenvalue weighted by Crippen LogP contribution is 2.35. The molecule has 0 unspecified atom stereocenters. The van der Waals surface area contributed by atoms with E-state index in [1.807, 2.05) is 0 Å². The van der Waals surface area contributed by atoms with E-state index in [2.05, 4.69) is 0 Å². The van der Waals surface area contributed by atoms with E-state index in [9.17, 15) is 17.2 Å². The molecule has 0 radical (unpaired) electrons. The Kier molecular flexibility index (Phi) is 3.64. The van der Waals surface area contributed by atoms with Crippen LogP contribution in [0.15, 0.2) is 29.2 Å². The smallest absolute Gasteiger partial charge is 0.276 e. The first-order chi connectivity index (χ1) is 7.29. The Labute approximate surface area is 92.6 Å². The third kappa shape index (κ3) is 2.76. The van der Waals surface area contributed by atoms with Crippen molar-refractivity contribution in [2.45, 2.75) is 17.2 Å². The van der Waals surface area contributed by atoms with Gasteiger partial charge in [0, 0.05) is 24.8 Å². The van der Waals surface area contributed by atoms with E-state index in [1.54, 1.807) is 0 Å². The van der Waals surface area contributed by atoms with E-state index in [0.29, 0.717) is 0 Å². The Bertz CT molecular complexity index is 469. The van der Waals surface area contributed by atoms with Crippen LogP contribution >= 0.6 is 0 Å². The molecular formula is C10H12F2O3S. The monoisotopic (exact) mass is 250 g/mol. The van der Waals surface area contributed by atoms with Crippen LogP contribution in [0.5, 0.6) is 0 Å². The van der Waals surface area contributed by atoms with Crippen molar-refractivity contribution < 1.29 is 22.3 Å². The van der Waals surface area contributed by atoms with Crippen molar-refractivity contribution in [3.05, 3.63) is 29.8 Å². The summed E-state index contributed by atoms with van der Waals surface area (Å²) in [6.07, 6.45) is 0.0837. The molecule has 0 bridgehead atoms. The van der Waals surface area contributed by atoms with Crippen molar-refractivity contribution in [2.75, 3.05) is 12.9 Å². The molecule has 0 aliphatic heterocycles. The van der Waals surface area contributed by atoms with E-state index in [4.69, 9.17) is 5.11 Å². The topological polar surface area (TPSA) is 54.4 Å². The Morgan fingerprint density at radius 2 is 1.88 bits per heavy atom. The molecule has 0 amide bonds. The Morgan fingerprint density at radius 1 is 1.31 bits per heavy atom. The van der Waals surface area contributed by atoms with Gasteiger partial charge in [0.05, 0.1) is 4.90 Å². The summed E-state index contributed by atoms with van der Waals surface area (Å²) in [6.45, 7) is -0.703. The number of alkyl halides is 2. The van der Waals surface area contributed by atoms with E-state index >= 15 is 0 Å². The summed E-state index contributed by atoms with van der Waals surface area (Å²) in [7, 11) is -3.70. The van der Waals surface area contributed by atoms with Gasteiger partial charge in [-0.3, -0.25) is 0 Å². The molecule has 1 aromatic carbocycles. The van der Waals surface area contributed by atoms with E-state index < -0.39 is 39.2 Å². The van der Waals surface area contributed by atoms with Crippen LogP contribution in [0.2, 0.25) is 0 Å². The standard InChI is InChI=1S/C10H12F2O3S/c1-16(14,15)9-5-3-2-4-8(9)10(11,12)6-7-13/h2-5,13H,6-7H2,1H3. The zero-order chi connectivity index (χ0) is 12.4. The number of aliphatic hydroxyl groups is 1. The Hall–Kier alpha value is -1.01. The molecule has 3 nitrogen and oxygen atoms in total. The van der Waals surface area contributed by atoms with Crippen molar-refractivity contribution in [1.29, 1.82) is 0 Å². The molecule has 0 spiro atoms. The lowest BCUT2D eigenvalue weighted by molar-refractivity contribution is -0.0295. The van der Waals surface area contributed by atoms with Crippen molar-refractivity contribution in [2.24, 2.45) is 0 Å². The minimum atomic E-state index is -3.70. The van der Waals surface area contributed by atoms with Gasteiger partial charge in [0.25, 0.3) is 5.92 Å². The first-order valence-corrected chi connectivity index (χ1v) is 6.46. The summed E-state index contributed by atoms with van der Waals surface area (Å²) in [5.41, 5.74) is -0.563. The molecule has 0 saturated carbocycles. The van der Waals surface area contributed by atoms with Gasteiger partial charge in [-0.25, -0.2) is 17.2 Å². The Balaban J connectivity index is 3.35. The molecule has 0 heterocycles. The molecule has 0 aliphatic carbocycles. The van der Waals surface area contributed by atoms with Gasteiger partial charge in [-0.05, 0) is 6.07 Å². The number of sulfone groups is 1. The average Bonchev–Trinajstić information content (AvgIpc) is 2.16. The summed E-state index contributed by atoms with van der Waals surface area (Å²) in [6, 6.07) is 4.92. The third-order valence-electron chi connectivity index (χ3n) is 2.11. The number of hydrogen-bond donors (Lipinski definition) is 1. The number of halogens is 2. The predicted octanol–water partition coefficient (Wildman–Crippen LogP) is 1.56. The lowest BCUT2D eigenvalue weighted by Crippen LogP contribution is -2.19. The molecule has 0 aliphatic rings. The van der Waals surface area contributed by atoms with Gasteiger partial charge in [-0.15, -0.1) is 0 Å². The molecule has 90 valence electrons. The lowest BCUT2D eigenvalue weighted by atomic mass is 10.1. The highest BCUT2D eigenvalue weighted by atomic mass is 32.2. The van der Waals surface area contributed by atoms with Gasteiger partial charge in [-0.2, -0.15) is 0 Å². The van der Waals surface area contributed by atoms with E-state index in [1.165, 1.54) is 12.1 Å². The van der Waals surface area contributed by atoms with Crippen LogP contribution in [-0.4, -0.2) is 26.4 Å². The minimum Gasteiger partial charge on any atom is -0.396 e. The fourth-order valence-electron chi connectivity index (χ4n) is 1.37. The minimum absolute atomic E-state index is 0.395. The van der Waals surface area contributed by atoms with Gasteiger partial charge in [0.15, 0.2) is 9.84 Å². The molecule has 0 fully saturated rings. The van der Waals surface area contributed by atoms with Crippen LogP contribution in [0.4, 0.5) is 8.78 Å². The van der Waals surface area contributed by atoms with Gasteiger partial charge in [0.2, 0.25) is 0 Å². The van der Waals surface area contributed by atoms with Gasteiger partial charge < -0.3 is 5.11 Å². The first kappa shape index (κ1) is 13.1. The first-order valence-electron chi connectivity index (χ1n) is 4.57. The molecule has 0 aromatic heterocycles. The van der Waals surface area contributed by atoms with E-state index in [-0.39, 0.29) is 0 Å². The maximum atomic E-state index is 13.5. The van der Waals surface area contributed by atoms with Crippen LogP contribution in [0.25, 0.3) is 0 Å². The summed E-state index contributed by atoms with van der Waals surface area (Å²) in [5, 5.41) is 8.53. The second-order valence-corrected chi connectivity index (χ2v) is 5.43. The van der Waals surface area contributed by atoms with Crippen LogP contribution in [0, 0.1) is 0 Å². The fourth-order valence-corrected chi connectivity index (χ4v) is 2.31. The number of aliphatic hydroxyl groups excluding tert-OH is 1. The normalized spacial score (nSPS) is 12.8. The summed E-state index contributed by atoms with van der Waals surface area (Å²) < 4.78 is 49.7. The molecule has 0 saturated heterocycles. The van der Waals surface area contributed by atoms with Crippen LogP contribution < -0.4 is 0 Å². The second-order valence-electron chi connectivity index (χ2n) is 3.45. The van der Waals surface area contributed by atoms with Gasteiger partial charge in [0.1, 0.15) is 0 Å². The zero-order valence-electron chi connectivity index (χ0n) is 8.65. The van der Waals surface area contributed by atoms with Crippen LogP contribution in [-0.2, 0) is 15.8 Å². The van der Waals surface area contributed by atoms with Crippen molar-refractivity contribution >= 4 is 9.84 Å². The molecule has 6 heteroatoms. The number of hydrogen-bond acceptors (Lipinski definition) is 3. The average molecular weight is 250 g/mol.